The minimum Gasteiger partial charge on any atom is -0.399 e. The lowest BCUT2D eigenvalue weighted by Gasteiger charge is -2.13. The summed E-state index contributed by atoms with van der Waals surface area (Å²) in [5.41, 5.74) is 8.33. The van der Waals surface area contributed by atoms with Crippen LogP contribution in [0.25, 0.3) is 0 Å². The molecule has 0 radical (unpaired) electrons. The number of carbonyl (C=O) groups is 1. The number of nitrogens with zero attached hydrogens (tertiary/aromatic N) is 1. The molecule has 5 nitrogen and oxygen atoms in total. The molecule has 106 valence electrons. The minimum atomic E-state index is -0.234. The normalized spacial score (nSPS) is 9.76. The summed E-state index contributed by atoms with van der Waals surface area (Å²) in [4.78, 5) is 11.9. The van der Waals surface area contributed by atoms with Crippen molar-refractivity contribution < 1.29 is 4.79 Å². The maximum Gasteiger partial charge on any atom is 0.253 e. The van der Waals surface area contributed by atoms with Crippen LogP contribution in [-0.4, -0.2) is 13.0 Å². The topological polar surface area (TPSA) is 90.9 Å². The second kappa shape index (κ2) is 6.16. The van der Waals surface area contributed by atoms with Crippen LogP contribution in [0.1, 0.15) is 15.9 Å². The second-order valence-corrected chi connectivity index (χ2v) is 4.72. The van der Waals surface area contributed by atoms with Gasteiger partial charge in [-0.2, -0.15) is 5.26 Å². The van der Waals surface area contributed by atoms with Crippen LogP contribution in [-0.2, 0) is 0 Å². The Morgan fingerprint density at radius 2 is 2.00 bits per heavy atom. The van der Waals surface area contributed by atoms with E-state index < -0.39 is 0 Å². The zero-order chi connectivity index (χ0) is 15.4. The molecule has 0 aliphatic rings. The predicted octanol–water partition coefficient (Wildman–Crippen LogP) is 2.90. The van der Waals surface area contributed by atoms with Crippen molar-refractivity contribution in [1.29, 1.82) is 5.26 Å². The van der Waals surface area contributed by atoms with Crippen molar-refractivity contribution in [2.24, 2.45) is 0 Å². The lowest BCUT2D eigenvalue weighted by Crippen LogP contribution is -2.19. The Hall–Kier alpha value is -2.71. The number of halogens is 1. The molecule has 0 aliphatic heterocycles. The molecule has 0 spiro atoms. The number of benzene rings is 2. The molecular formula is C15H13ClN4O. The number of hydrogen-bond acceptors (Lipinski definition) is 4. The number of hydrogen-bond donors (Lipinski definition) is 3. The maximum absolute atomic E-state index is 11.9. The van der Waals surface area contributed by atoms with Crippen LogP contribution >= 0.6 is 11.6 Å². The van der Waals surface area contributed by atoms with E-state index in [2.05, 4.69) is 10.6 Å². The number of nitrogens with one attached hydrogen (secondary N) is 2. The predicted molar refractivity (Wildman–Crippen MR) is 83.7 cm³/mol. The summed E-state index contributed by atoms with van der Waals surface area (Å²) in [6, 6.07) is 11.8. The van der Waals surface area contributed by atoms with Crippen LogP contribution in [0.5, 0.6) is 0 Å². The van der Waals surface area contributed by atoms with E-state index in [1.54, 1.807) is 43.4 Å². The van der Waals surface area contributed by atoms with Gasteiger partial charge in [0, 0.05) is 12.7 Å². The van der Waals surface area contributed by atoms with Gasteiger partial charge >= 0.3 is 0 Å². The average molecular weight is 301 g/mol. The van der Waals surface area contributed by atoms with Gasteiger partial charge < -0.3 is 16.4 Å². The van der Waals surface area contributed by atoms with Gasteiger partial charge in [-0.05, 0) is 36.4 Å². The number of anilines is 3. The number of nitrogen functional groups attached to an aromatic ring is 1. The Balaban J connectivity index is 2.42. The molecular weight excluding hydrogens is 288 g/mol. The molecule has 0 aliphatic carbocycles. The highest BCUT2D eigenvalue weighted by Gasteiger charge is 2.12. The molecule has 0 fully saturated rings. The van der Waals surface area contributed by atoms with Gasteiger partial charge in [-0.25, -0.2) is 0 Å². The number of nitriles is 1. The van der Waals surface area contributed by atoms with Crippen molar-refractivity contribution >= 4 is 34.6 Å². The van der Waals surface area contributed by atoms with Gasteiger partial charge in [-0.1, -0.05) is 11.6 Å². The standard InChI is InChI=1S/C15H13ClN4O/c1-19-15(21)11-4-3-10(18)7-14(11)20-13-5-2-9(8-17)6-12(13)16/h2-7,20H,18H2,1H3,(H,19,21). The first kappa shape index (κ1) is 14.7. The first-order valence-electron chi connectivity index (χ1n) is 6.13. The molecule has 4 N–H and O–H groups in total. The van der Waals surface area contributed by atoms with Crippen molar-refractivity contribution in [3.63, 3.8) is 0 Å². The number of amides is 1. The fraction of sp³-hybridized carbons (Fsp3) is 0.0667. The summed E-state index contributed by atoms with van der Waals surface area (Å²) in [5, 5.41) is 14.8. The number of rotatable bonds is 3. The van der Waals surface area contributed by atoms with Crippen LogP contribution in [0.2, 0.25) is 5.02 Å². The lowest BCUT2D eigenvalue weighted by atomic mass is 10.1. The van der Waals surface area contributed by atoms with Gasteiger partial charge in [0.15, 0.2) is 0 Å². The average Bonchev–Trinajstić information content (AvgIpc) is 2.48. The van der Waals surface area contributed by atoms with Crippen LogP contribution in [0.3, 0.4) is 0 Å². The first-order valence-corrected chi connectivity index (χ1v) is 6.51. The number of carbonyl (C=O) groups excluding carboxylic acids is 1. The summed E-state index contributed by atoms with van der Waals surface area (Å²) in [6.07, 6.45) is 0. The molecule has 1 amide bonds. The van der Waals surface area contributed by atoms with E-state index in [-0.39, 0.29) is 5.91 Å². The van der Waals surface area contributed by atoms with E-state index in [9.17, 15) is 4.79 Å². The van der Waals surface area contributed by atoms with Crippen LogP contribution in [0, 0.1) is 11.3 Å². The molecule has 0 heterocycles. The Labute approximate surface area is 127 Å². The van der Waals surface area contributed by atoms with Crippen molar-refractivity contribution in [2.45, 2.75) is 0 Å². The molecule has 0 saturated carbocycles. The van der Waals surface area contributed by atoms with Crippen LogP contribution in [0.4, 0.5) is 17.1 Å². The maximum atomic E-state index is 11.9. The van der Waals surface area contributed by atoms with E-state index in [0.29, 0.717) is 33.2 Å². The Morgan fingerprint density at radius 1 is 1.24 bits per heavy atom. The highest BCUT2D eigenvalue weighted by Crippen LogP contribution is 2.29. The highest BCUT2D eigenvalue weighted by molar-refractivity contribution is 6.33. The van der Waals surface area contributed by atoms with E-state index in [4.69, 9.17) is 22.6 Å². The van der Waals surface area contributed by atoms with Crippen LogP contribution in [0.15, 0.2) is 36.4 Å². The van der Waals surface area contributed by atoms with Crippen molar-refractivity contribution in [3.05, 3.63) is 52.5 Å². The minimum absolute atomic E-state index is 0.234. The summed E-state index contributed by atoms with van der Waals surface area (Å²) < 4.78 is 0. The Bertz CT molecular complexity index is 737. The summed E-state index contributed by atoms with van der Waals surface area (Å²) in [6.45, 7) is 0. The van der Waals surface area contributed by atoms with Crippen molar-refractivity contribution in [1.82, 2.24) is 5.32 Å². The molecule has 21 heavy (non-hydrogen) atoms. The van der Waals surface area contributed by atoms with Gasteiger partial charge in [0.1, 0.15) is 0 Å². The van der Waals surface area contributed by atoms with Gasteiger partial charge in [-0.15, -0.1) is 0 Å². The fourth-order valence-electron chi connectivity index (χ4n) is 1.83. The zero-order valence-electron chi connectivity index (χ0n) is 11.3. The molecule has 0 unspecified atom stereocenters. The van der Waals surface area contributed by atoms with Crippen molar-refractivity contribution in [3.8, 4) is 6.07 Å². The third-order valence-electron chi connectivity index (χ3n) is 2.88. The molecule has 0 aromatic heterocycles. The SMILES string of the molecule is CNC(=O)c1ccc(N)cc1Nc1ccc(C#N)cc1Cl. The largest absolute Gasteiger partial charge is 0.399 e. The third kappa shape index (κ3) is 3.25. The van der Waals surface area contributed by atoms with Crippen LogP contribution < -0.4 is 16.4 Å². The van der Waals surface area contributed by atoms with E-state index >= 15 is 0 Å². The Morgan fingerprint density at radius 3 is 2.62 bits per heavy atom. The highest BCUT2D eigenvalue weighted by atomic mass is 35.5. The van der Waals surface area contributed by atoms with Gasteiger partial charge in [0.2, 0.25) is 0 Å². The molecule has 2 rings (SSSR count). The molecule has 6 heteroatoms. The molecule has 2 aromatic carbocycles. The van der Waals surface area contributed by atoms with Gasteiger partial charge in [0.25, 0.3) is 5.91 Å². The molecule has 0 bridgehead atoms. The van der Waals surface area contributed by atoms with Crippen molar-refractivity contribution in [2.75, 3.05) is 18.1 Å². The van der Waals surface area contributed by atoms with Gasteiger partial charge in [0.05, 0.1) is 33.6 Å². The van der Waals surface area contributed by atoms with Gasteiger partial charge in [-0.3, -0.25) is 4.79 Å². The molecule has 2 aromatic rings. The summed E-state index contributed by atoms with van der Waals surface area (Å²) in [5.74, 6) is -0.234. The summed E-state index contributed by atoms with van der Waals surface area (Å²) >= 11 is 6.12. The molecule has 0 saturated heterocycles. The Kier molecular flexibility index (Phi) is 4.31. The smallest absolute Gasteiger partial charge is 0.253 e. The quantitative estimate of drug-likeness (QED) is 0.760. The third-order valence-corrected chi connectivity index (χ3v) is 3.20. The molecule has 0 atom stereocenters. The monoisotopic (exact) mass is 300 g/mol. The summed E-state index contributed by atoms with van der Waals surface area (Å²) in [7, 11) is 1.55. The fourth-order valence-corrected chi connectivity index (χ4v) is 2.06. The zero-order valence-corrected chi connectivity index (χ0v) is 12.0. The van der Waals surface area contributed by atoms with E-state index in [1.165, 1.54) is 0 Å². The van der Waals surface area contributed by atoms with E-state index in [1.807, 2.05) is 6.07 Å². The second-order valence-electron chi connectivity index (χ2n) is 4.32. The first-order chi connectivity index (χ1) is 10.0. The lowest BCUT2D eigenvalue weighted by molar-refractivity contribution is 0.0964. The number of nitrogens with two attached hydrogens (primary N) is 1. The van der Waals surface area contributed by atoms with E-state index in [0.717, 1.165) is 0 Å².